The third kappa shape index (κ3) is 6.77. The van der Waals surface area contributed by atoms with Gasteiger partial charge in [0.15, 0.2) is 0 Å². The lowest BCUT2D eigenvalue weighted by Gasteiger charge is -2.25. The van der Waals surface area contributed by atoms with Crippen molar-refractivity contribution in [2.75, 3.05) is 26.2 Å². The van der Waals surface area contributed by atoms with Crippen LogP contribution >= 0.6 is 0 Å². The Labute approximate surface area is 203 Å². The van der Waals surface area contributed by atoms with E-state index in [-0.39, 0.29) is 39.0 Å². The van der Waals surface area contributed by atoms with Crippen molar-refractivity contribution in [2.24, 2.45) is 0 Å². The highest BCUT2D eigenvalue weighted by Crippen LogP contribution is 2.40. The van der Waals surface area contributed by atoms with Crippen LogP contribution in [0.25, 0.3) is 0 Å². The van der Waals surface area contributed by atoms with Crippen molar-refractivity contribution >= 4 is 25.8 Å². The lowest BCUT2D eigenvalue weighted by Crippen LogP contribution is -2.45. The second-order valence-electron chi connectivity index (χ2n) is 7.87. The van der Waals surface area contributed by atoms with E-state index < -0.39 is 53.3 Å². The molecule has 0 saturated heterocycles. The molecule has 0 N–H and O–H groups in total. The Kier molecular flexibility index (Phi) is 10.8. The molecule has 0 heterocycles. The first kappa shape index (κ1) is 31.4. The number of carbonyl (C=O) groups excluding carboxylic acids is 1. The average Bonchev–Trinajstić information content (AvgIpc) is 2.77. The first-order valence-corrected chi connectivity index (χ1v) is 14.1. The van der Waals surface area contributed by atoms with Crippen LogP contribution in [0.15, 0.2) is 28.0 Å². The zero-order valence-corrected chi connectivity index (χ0v) is 21.7. The maximum absolute atomic E-state index is 13.9. The molecule has 0 fully saturated rings. The molecule has 0 aromatic heterocycles. The minimum atomic E-state index is -6.28. The van der Waals surface area contributed by atoms with Gasteiger partial charge in [-0.15, -0.1) is 0 Å². The number of sulfonamides is 2. The van der Waals surface area contributed by atoms with E-state index in [1.54, 1.807) is 27.7 Å². The number of nitrogens with zero attached hydrogens (tertiary/aromatic N) is 2. The number of rotatable bonds is 14. The topological polar surface area (TPSA) is 91.8 Å². The number of halogens is 5. The van der Waals surface area contributed by atoms with Crippen LogP contribution in [0.2, 0.25) is 0 Å². The molecule has 0 aliphatic rings. The van der Waals surface area contributed by atoms with Crippen LogP contribution in [0.4, 0.5) is 22.0 Å². The van der Waals surface area contributed by atoms with E-state index >= 15 is 0 Å². The summed E-state index contributed by atoms with van der Waals surface area (Å²) in [7, 11) is -9.15. The number of alkyl halides is 5. The molecule has 202 valence electrons. The fourth-order valence-electron chi connectivity index (χ4n) is 3.35. The SMILES string of the molecule is CCCN(CCC)S(=O)(=O)c1ccc(C(=O)C(F)(F)C(F)(F)F)c(S(=O)(=O)N(CCC)CCC)c1. The van der Waals surface area contributed by atoms with Crippen molar-refractivity contribution in [1.29, 1.82) is 0 Å². The lowest BCUT2D eigenvalue weighted by molar-refractivity contribution is -0.255. The second kappa shape index (κ2) is 12.1. The molecule has 35 heavy (non-hydrogen) atoms. The third-order valence-electron chi connectivity index (χ3n) is 4.99. The zero-order chi connectivity index (χ0) is 27.2. The summed E-state index contributed by atoms with van der Waals surface area (Å²) in [6.45, 7) is 6.58. The molecule has 0 aliphatic carbocycles. The number of hydrogen-bond acceptors (Lipinski definition) is 5. The molecule has 1 aromatic rings. The molecular weight excluding hydrogens is 519 g/mol. The monoisotopic (exact) mass is 550 g/mol. The molecule has 7 nitrogen and oxygen atoms in total. The Morgan fingerprint density at radius 1 is 0.743 bits per heavy atom. The summed E-state index contributed by atoms with van der Waals surface area (Å²) in [6, 6.07) is 1.59. The summed E-state index contributed by atoms with van der Waals surface area (Å²) in [5, 5.41) is 0. The van der Waals surface area contributed by atoms with Crippen LogP contribution in [0.5, 0.6) is 0 Å². The van der Waals surface area contributed by atoms with E-state index in [4.69, 9.17) is 0 Å². The fraction of sp³-hybridized carbons (Fsp3) is 0.667. The first-order chi connectivity index (χ1) is 16.0. The lowest BCUT2D eigenvalue weighted by atomic mass is 10.1. The van der Waals surface area contributed by atoms with Crippen LogP contribution in [0.3, 0.4) is 0 Å². The molecule has 0 amide bonds. The Morgan fingerprint density at radius 2 is 1.14 bits per heavy atom. The van der Waals surface area contributed by atoms with Gasteiger partial charge in [-0.3, -0.25) is 4.79 Å². The van der Waals surface area contributed by atoms with Crippen molar-refractivity contribution in [3.05, 3.63) is 23.8 Å². The minimum absolute atomic E-state index is 0.0723. The van der Waals surface area contributed by atoms with Gasteiger partial charge < -0.3 is 0 Å². The summed E-state index contributed by atoms with van der Waals surface area (Å²) >= 11 is 0. The number of Topliss-reactive ketones (excluding diaryl/α,β-unsaturated/α-hetero) is 1. The van der Waals surface area contributed by atoms with Gasteiger partial charge in [-0.2, -0.15) is 30.6 Å². The molecule has 0 atom stereocenters. The van der Waals surface area contributed by atoms with Gasteiger partial charge in [0.2, 0.25) is 25.8 Å². The zero-order valence-electron chi connectivity index (χ0n) is 20.0. The Bertz CT molecular complexity index is 1080. The fourth-order valence-corrected chi connectivity index (χ4v) is 6.92. The second-order valence-corrected chi connectivity index (χ2v) is 11.7. The molecule has 14 heteroatoms. The van der Waals surface area contributed by atoms with Gasteiger partial charge >= 0.3 is 12.1 Å². The van der Waals surface area contributed by atoms with Gasteiger partial charge in [0, 0.05) is 31.7 Å². The molecule has 0 bridgehead atoms. The predicted molar refractivity (Wildman–Crippen MR) is 120 cm³/mol. The highest BCUT2D eigenvalue weighted by Gasteiger charge is 2.63. The molecule has 1 aromatic carbocycles. The van der Waals surface area contributed by atoms with Crippen molar-refractivity contribution in [3.63, 3.8) is 0 Å². The van der Waals surface area contributed by atoms with E-state index in [0.717, 1.165) is 8.61 Å². The van der Waals surface area contributed by atoms with Crippen LogP contribution in [0, 0.1) is 0 Å². The number of benzene rings is 1. The summed E-state index contributed by atoms with van der Waals surface area (Å²) in [5.74, 6) is -8.66. The maximum Gasteiger partial charge on any atom is 0.461 e. The normalized spacial score (nSPS) is 13.6. The third-order valence-corrected chi connectivity index (χ3v) is 8.82. The van der Waals surface area contributed by atoms with E-state index in [2.05, 4.69) is 0 Å². The largest absolute Gasteiger partial charge is 0.461 e. The predicted octanol–water partition coefficient (Wildman–Crippen LogP) is 4.69. The molecule has 0 aliphatic heterocycles. The minimum Gasteiger partial charge on any atom is -0.287 e. The van der Waals surface area contributed by atoms with Gasteiger partial charge in [0.05, 0.1) is 9.79 Å². The summed E-state index contributed by atoms with van der Waals surface area (Å²) in [4.78, 5) is 10.5. The molecule has 0 saturated carbocycles. The summed E-state index contributed by atoms with van der Waals surface area (Å²) in [6.07, 6.45) is -4.89. The highest BCUT2D eigenvalue weighted by molar-refractivity contribution is 7.90. The van der Waals surface area contributed by atoms with Crippen molar-refractivity contribution in [1.82, 2.24) is 8.61 Å². The molecule has 0 unspecified atom stereocenters. The standard InChI is InChI=1S/C21H31F5N2O5S2/c1-5-11-27(12-6-2)34(30,31)16-9-10-17(19(29)20(22,23)21(24,25)26)18(15-16)35(32,33)28(13-7-3)14-8-4/h9-10,15H,5-8,11-14H2,1-4H3. The number of carbonyl (C=O) groups is 1. The summed E-state index contributed by atoms with van der Waals surface area (Å²) < 4.78 is 121. The van der Waals surface area contributed by atoms with E-state index in [9.17, 15) is 43.6 Å². The molecular formula is C21H31F5N2O5S2. The van der Waals surface area contributed by atoms with Crippen molar-refractivity contribution in [3.8, 4) is 0 Å². The first-order valence-electron chi connectivity index (χ1n) is 11.2. The quantitative estimate of drug-likeness (QED) is 0.248. The molecule has 0 spiro atoms. The molecule has 1 rings (SSSR count). The van der Waals surface area contributed by atoms with Crippen LogP contribution in [-0.4, -0.2) is 69.5 Å². The Morgan fingerprint density at radius 3 is 1.51 bits per heavy atom. The van der Waals surface area contributed by atoms with Gasteiger partial charge in [-0.25, -0.2) is 16.8 Å². The van der Waals surface area contributed by atoms with E-state index in [0.29, 0.717) is 31.0 Å². The number of hydrogen-bond donors (Lipinski definition) is 0. The van der Waals surface area contributed by atoms with Gasteiger partial charge in [-0.1, -0.05) is 27.7 Å². The van der Waals surface area contributed by atoms with Crippen molar-refractivity contribution < 1.29 is 43.6 Å². The van der Waals surface area contributed by atoms with Gasteiger partial charge in [-0.05, 0) is 43.9 Å². The Hall–Kier alpha value is -1.64. The van der Waals surface area contributed by atoms with Crippen LogP contribution in [0.1, 0.15) is 63.7 Å². The van der Waals surface area contributed by atoms with Gasteiger partial charge in [0.25, 0.3) is 0 Å². The average molecular weight is 551 g/mol. The van der Waals surface area contributed by atoms with E-state index in [1.165, 1.54) is 0 Å². The Balaban J connectivity index is 3.94. The van der Waals surface area contributed by atoms with Crippen molar-refractivity contribution in [2.45, 2.75) is 75.3 Å². The summed E-state index contributed by atoms with van der Waals surface area (Å²) in [5.41, 5.74) is -1.43. The van der Waals surface area contributed by atoms with Crippen LogP contribution < -0.4 is 0 Å². The molecule has 0 radical (unpaired) electrons. The van der Waals surface area contributed by atoms with Crippen LogP contribution in [-0.2, 0) is 20.0 Å². The smallest absolute Gasteiger partial charge is 0.287 e. The van der Waals surface area contributed by atoms with Gasteiger partial charge in [0.1, 0.15) is 0 Å². The maximum atomic E-state index is 13.9. The highest BCUT2D eigenvalue weighted by atomic mass is 32.2. The van der Waals surface area contributed by atoms with E-state index in [1.807, 2.05) is 0 Å². The number of ketones is 1.